The molecule has 0 atom stereocenters. The Balaban J connectivity index is 1.47. The average Bonchev–Trinajstić information content (AvgIpc) is 3.20. The number of nitrogens with zero attached hydrogens (tertiary/aromatic N) is 3. The summed E-state index contributed by atoms with van der Waals surface area (Å²) in [7, 11) is 3.44. The number of carbonyl (C=O) groups excluding carboxylic acids is 1. The van der Waals surface area contributed by atoms with Crippen LogP contribution >= 0.6 is 0 Å². The lowest BCUT2D eigenvalue weighted by molar-refractivity contribution is -0.129. The number of hydrogen-bond donors (Lipinski definition) is 0. The van der Waals surface area contributed by atoms with Crippen LogP contribution in [0.5, 0.6) is 5.75 Å². The number of amides is 1. The number of aryl methyl sites for hydroxylation is 2. The van der Waals surface area contributed by atoms with E-state index in [-0.39, 0.29) is 5.91 Å². The summed E-state index contributed by atoms with van der Waals surface area (Å²) >= 11 is 0. The standard InChI is InChI=1S/C22H25N3O3/c1-16-4-9-18(10-5-16)22-23-20(24-28-22)14-15-25(2)21(26)13-8-17-6-11-19(27-3)12-7-17/h4-7,9-12H,8,13-15H2,1-3H3. The van der Waals surface area contributed by atoms with Crippen LogP contribution in [0, 0.1) is 6.92 Å². The molecule has 1 aromatic heterocycles. The zero-order valence-electron chi connectivity index (χ0n) is 16.5. The zero-order chi connectivity index (χ0) is 19.9. The lowest BCUT2D eigenvalue weighted by Gasteiger charge is -2.16. The number of hydrogen-bond acceptors (Lipinski definition) is 5. The first-order valence-electron chi connectivity index (χ1n) is 9.31. The van der Waals surface area contributed by atoms with Gasteiger partial charge in [-0.05, 0) is 43.2 Å². The van der Waals surface area contributed by atoms with Gasteiger partial charge in [0.25, 0.3) is 5.89 Å². The van der Waals surface area contributed by atoms with Crippen molar-refractivity contribution in [1.29, 1.82) is 0 Å². The third-order valence-corrected chi connectivity index (χ3v) is 4.65. The molecule has 3 aromatic rings. The Kier molecular flexibility index (Phi) is 6.42. The van der Waals surface area contributed by atoms with Crippen LogP contribution in [0.1, 0.15) is 23.4 Å². The van der Waals surface area contributed by atoms with Crippen molar-refractivity contribution in [2.24, 2.45) is 0 Å². The number of ether oxygens (including phenoxy) is 1. The number of likely N-dealkylation sites (N-methyl/N-ethyl adjacent to an activating group) is 1. The van der Waals surface area contributed by atoms with E-state index in [1.807, 2.05) is 55.5 Å². The summed E-state index contributed by atoms with van der Waals surface area (Å²) in [6.07, 6.45) is 1.72. The summed E-state index contributed by atoms with van der Waals surface area (Å²) in [5.41, 5.74) is 3.19. The average molecular weight is 379 g/mol. The normalized spacial score (nSPS) is 10.7. The molecule has 0 unspecified atom stereocenters. The number of benzene rings is 2. The second-order valence-corrected chi connectivity index (χ2v) is 6.80. The molecular weight excluding hydrogens is 354 g/mol. The molecule has 0 N–H and O–H groups in total. The minimum absolute atomic E-state index is 0.0954. The molecular formula is C22H25N3O3. The van der Waals surface area contributed by atoms with E-state index < -0.39 is 0 Å². The third kappa shape index (κ3) is 5.19. The van der Waals surface area contributed by atoms with Crippen LogP contribution in [-0.4, -0.2) is 41.6 Å². The van der Waals surface area contributed by atoms with Crippen LogP contribution in [0.15, 0.2) is 53.1 Å². The largest absolute Gasteiger partial charge is 0.497 e. The Bertz CT molecular complexity index is 902. The van der Waals surface area contributed by atoms with Crippen molar-refractivity contribution in [2.75, 3.05) is 20.7 Å². The molecule has 6 nitrogen and oxygen atoms in total. The van der Waals surface area contributed by atoms with Gasteiger partial charge in [-0.3, -0.25) is 4.79 Å². The van der Waals surface area contributed by atoms with E-state index in [4.69, 9.17) is 9.26 Å². The van der Waals surface area contributed by atoms with E-state index in [9.17, 15) is 4.79 Å². The van der Waals surface area contributed by atoms with Gasteiger partial charge in [0.05, 0.1) is 7.11 Å². The van der Waals surface area contributed by atoms with Crippen molar-refractivity contribution in [3.05, 3.63) is 65.5 Å². The molecule has 1 amide bonds. The maximum absolute atomic E-state index is 12.4. The molecule has 0 radical (unpaired) electrons. The predicted octanol–water partition coefficient (Wildman–Crippen LogP) is 3.69. The van der Waals surface area contributed by atoms with Gasteiger partial charge in [0.1, 0.15) is 5.75 Å². The van der Waals surface area contributed by atoms with Crippen molar-refractivity contribution < 1.29 is 14.1 Å². The van der Waals surface area contributed by atoms with Crippen LogP contribution in [0.2, 0.25) is 0 Å². The lowest BCUT2D eigenvalue weighted by Crippen LogP contribution is -2.29. The van der Waals surface area contributed by atoms with Crippen LogP contribution in [0.4, 0.5) is 0 Å². The highest BCUT2D eigenvalue weighted by Gasteiger charge is 2.13. The molecule has 0 spiro atoms. The van der Waals surface area contributed by atoms with Gasteiger partial charge in [-0.25, -0.2) is 0 Å². The number of methoxy groups -OCH3 is 1. The minimum Gasteiger partial charge on any atom is -0.497 e. The second-order valence-electron chi connectivity index (χ2n) is 6.80. The lowest BCUT2D eigenvalue weighted by atomic mass is 10.1. The van der Waals surface area contributed by atoms with E-state index in [0.717, 1.165) is 16.9 Å². The van der Waals surface area contributed by atoms with Gasteiger partial charge >= 0.3 is 0 Å². The first-order valence-corrected chi connectivity index (χ1v) is 9.31. The highest BCUT2D eigenvalue weighted by Crippen LogP contribution is 2.18. The SMILES string of the molecule is COc1ccc(CCC(=O)N(C)CCc2noc(-c3ccc(C)cc3)n2)cc1. The summed E-state index contributed by atoms with van der Waals surface area (Å²) in [6, 6.07) is 15.7. The second kappa shape index (κ2) is 9.17. The number of rotatable bonds is 8. The summed E-state index contributed by atoms with van der Waals surface area (Å²) in [5, 5.41) is 4.02. The molecule has 146 valence electrons. The summed E-state index contributed by atoms with van der Waals surface area (Å²) < 4.78 is 10.5. The molecule has 6 heteroatoms. The smallest absolute Gasteiger partial charge is 0.257 e. The van der Waals surface area contributed by atoms with Gasteiger partial charge in [0.15, 0.2) is 5.82 Å². The Morgan fingerprint density at radius 1 is 1.07 bits per heavy atom. The molecule has 0 saturated heterocycles. The Morgan fingerprint density at radius 2 is 1.79 bits per heavy atom. The third-order valence-electron chi connectivity index (χ3n) is 4.65. The highest BCUT2D eigenvalue weighted by molar-refractivity contribution is 5.76. The molecule has 0 fully saturated rings. The molecule has 2 aromatic carbocycles. The predicted molar refractivity (Wildman–Crippen MR) is 107 cm³/mol. The first kappa shape index (κ1) is 19.6. The first-order chi connectivity index (χ1) is 13.5. The Hall–Kier alpha value is -3.15. The van der Waals surface area contributed by atoms with Gasteiger partial charge in [0, 0.05) is 32.0 Å². The zero-order valence-corrected chi connectivity index (χ0v) is 16.5. The van der Waals surface area contributed by atoms with E-state index in [1.54, 1.807) is 19.1 Å². The highest BCUT2D eigenvalue weighted by atomic mass is 16.5. The van der Waals surface area contributed by atoms with E-state index >= 15 is 0 Å². The molecule has 0 aliphatic rings. The fourth-order valence-electron chi connectivity index (χ4n) is 2.80. The maximum Gasteiger partial charge on any atom is 0.257 e. The van der Waals surface area contributed by atoms with Crippen molar-refractivity contribution in [1.82, 2.24) is 15.0 Å². The molecule has 1 heterocycles. The molecule has 28 heavy (non-hydrogen) atoms. The summed E-state index contributed by atoms with van der Waals surface area (Å²) in [5.74, 6) is 2.02. The fourth-order valence-corrected chi connectivity index (χ4v) is 2.80. The van der Waals surface area contributed by atoms with E-state index in [1.165, 1.54) is 5.56 Å². The van der Waals surface area contributed by atoms with Crippen molar-refractivity contribution >= 4 is 5.91 Å². The van der Waals surface area contributed by atoms with Crippen molar-refractivity contribution in [3.63, 3.8) is 0 Å². The van der Waals surface area contributed by atoms with Crippen LogP contribution < -0.4 is 4.74 Å². The molecule has 3 rings (SSSR count). The van der Waals surface area contributed by atoms with Crippen molar-refractivity contribution in [3.8, 4) is 17.2 Å². The summed E-state index contributed by atoms with van der Waals surface area (Å²) in [6.45, 7) is 2.58. The molecule has 0 aliphatic heterocycles. The molecule has 0 saturated carbocycles. The maximum atomic E-state index is 12.4. The van der Waals surface area contributed by atoms with Gasteiger partial charge in [-0.2, -0.15) is 4.98 Å². The quantitative estimate of drug-likeness (QED) is 0.597. The fraction of sp³-hybridized carbons (Fsp3) is 0.318. The van der Waals surface area contributed by atoms with Crippen LogP contribution in [0.25, 0.3) is 11.5 Å². The van der Waals surface area contributed by atoms with Crippen LogP contribution in [0.3, 0.4) is 0 Å². The molecule has 0 bridgehead atoms. The van der Waals surface area contributed by atoms with Crippen molar-refractivity contribution in [2.45, 2.75) is 26.2 Å². The summed E-state index contributed by atoms with van der Waals surface area (Å²) in [4.78, 5) is 18.5. The van der Waals surface area contributed by atoms with Crippen LogP contribution in [-0.2, 0) is 17.6 Å². The van der Waals surface area contributed by atoms with E-state index in [2.05, 4.69) is 10.1 Å². The van der Waals surface area contributed by atoms with Gasteiger partial charge in [-0.15, -0.1) is 0 Å². The van der Waals surface area contributed by atoms with E-state index in [0.29, 0.717) is 37.5 Å². The Morgan fingerprint density at radius 3 is 2.46 bits per heavy atom. The van der Waals surface area contributed by atoms with Gasteiger partial charge in [0.2, 0.25) is 5.91 Å². The topological polar surface area (TPSA) is 68.5 Å². The van der Waals surface area contributed by atoms with Gasteiger partial charge in [-0.1, -0.05) is 35.0 Å². The monoisotopic (exact) mass is 379 g/mol. The van der Waals surface area contributed by atoms with Gasteiger partial charge < -0.3 is 14.2 Å². The Labute approximate surface area is 165 Å². The minimum atomic E-state index is 0.0954. The number of aromatic nitrogens is 2. The molecule has 0 aliphatic carbocycles. The number of carbonyl (C=O) groups is 1.